The van der Waals surface area contributed by atoms with Gasteiger partial charge in [-0.05, 0) is 18.6 Å². The summed E-state index contributed by atoms with van der Waals surface area (Å²) in [5.41, 5.74) is 0.693. The largest absolute Gasteiger partial charge is 0.341 e. The van der Waals surface area contributed by atoms with Crippen LogP contribution in [-0.2, 0) is 0 Å². The Hall–Kier alpha value is -2.04. The van der Waals surface area contributed by atoms with Gasteiger partial charge in [-0.2, -0.15) is 0 Å². The number of hydrogen-bond donors (Lipinski definition) is 2. The van der Waals surface area contributed by atoms with Gasteiger partial charge in [-0.15, -0.1) is 0 Å². The number of likely N-dealkylation sites (tertiary alicyclic amines) is 1. The van der Waals surface area contributed by atoms with Gasteiger partial charge in [-0.1, -0.05) is 18.2 Å². The van der Waals surface area contributed by atoms with Crippen LogP contribution in [-0.4, -0.2) is 43.0 Å². The van der Waals surface area contributed by atoms with Crippen molar-refractivity contribution in [2.24, 2.45) is 0 Å². The average molecular weight is 247 g/mol. The Bertz CT molecular complexity index is 433. The molecule has 0 aromatic heterocycles. The second kappa shape index (κ2) is 5.53. The molecule has 2 N–H and O–H groups in total. The SMILES string of the molecule is CNC(=O)NC1CCN(C(=O)c2ccccc2)C1. The van der Waals surface area contributed by atoms with Crippen molar-refractivity contribution < 1.29 is 9.59 Å². The molecular formula is C13H17N3O2. The van der Waals surface area contributed by atoms with E-state index in [1.54, 1.807) is 11.9 Å². The van der Waals surface area contributed by atoms with E-state index in [2.05, 4.69) is 10.6 Å². The van der Waals surface area contributed by atoms with Crippen LogP contribution in [0.15, 0.2) is 30.3 Å². The third-order valence-electron chi connectivity index (χ3n) is 3.06. The molecule has 18 heavy (non-hydrogen) atoms. The van der Waals surface area contributed by atoms with Crippen molar-refractivity contribution in [2.45, 2.75) is 12.5 Å². The minimum Gasteiger partial charge on any atom is -0.341 e. The van der Waals surface area contributed by atoms with Crippen LogP contribution in [0.4, 0.5) is 4.79 Å². The molecule has 1 unspecified atom stereocenters. The average Bonchev–Trinajstić information content (AvgIpc) is 2.87. The van der Waals surface area contributed by atoms with E-state index in [4.69, 9.17) is 0 Å². The number of carbonyl (C=O) groups is 2. The highest BCUT2D eigenvalue weighted by molar-refractivity contribution is 5.94. The molecule has 5 heteroatoms. The van der Waals surface area contributed by atoms with Crippen molar-refractivity contribution >= 4 is 11.9 Å². The fourth-order valence-corrected chi connectivity index (χ4v) is 2.08. The minimum atomic E-state index is -0.200. The lowest BCUT2D eigenvalue weighted by atomic mass is 10.2. The van der Waals surface area contributed by atoms with E-state index in [-0.39, 0.29) is 18.0 Å². The molecule has 2 rings (SSSR count). The summed E-state index contributed by atoms with van der Waals surface area (Å²) < 4.78 is 0. The fourth-order valence-electron chi connectivity index (χ4n) is 2.08. The van der Waals surface area contributed by atoms with Gasteiger partial charge in [0.05, 0.1) is 0 Å². The van der Waals surface area contributed by atoms with E-state index < -0.39 is 0 Å². The maximum Gasteiger partial charge on any atom is 0.314 e. The predicted molar refractivity (Wildman–Crippen MR) is 68.3 cm³/mol. The quantitative estimate of drug-likeness (QED) is 0.813. The minimum absolute atomic E-state index is 0.0248. The Morgan fingerprint density at radius 1 is 1.28 bits per heavy atom. The topological polar surface area (TPSA) is 61.4 Å². The smallest absolute Gasteiger partial charge is 0.314 e. The van der Waals surface area contributed by atoms with Crippen LogP contribution in [0.5, 0.6) is 0 Å². The third kappa shape index (κ3) is 2.80. The second-order valence-corrected chi connectivity index (χ2v) is 4.33. The Morgan fingerprint density at radius 2 is 2.00 bits per heavy atom. The summed E-state index contributed by atoms with van der Waals surface area (Å²) in [7, 11) is 1.58. The zero-order valence-corrected chi connectivity index (χ0v) is 10.3. The Morgan fingerprint density at radius 3 is 2.67 bits per heavy atom. The number of rotatable bonds is 2. The maximum absolute atomic E-state index is 12.1. The summed E-state index contributed by atoms with van der Waals surface area (Å²) in [6.07, 6.45) is 0.798. The highest BCUT2D eigenvalue weighted by atomic mass is 16.2. The number of amides is 3. The lowest BCUT2D eigenvalue weighted by molar-refractivity contribution is 0.0789. The van der Waals surface area contributed by atoms with Crippen LogP contribution in [0.2, 0.25) is 0 Å². The first-order valence-electron chi connectivity index (χ1n) is 6.03. The van der Waals surface area contributed by atoms with Crippen molar-refractivity contribution in [1.82, 2.24) is 15.5 Å². The summed E-state index contributed by atoms with van der Waals surface area (Å²) in [6, 6.07) is 9.04. The molecule has 0 radical (unpaired) electrons. The van der Waals surface area contributed by atoms with Gasteiger partial charge in [0.1, 0.15) is 0 Å². The van der Waals surface area contributed by atoms with Crippen LogP contribution < -0.4 is 10.6 Å². The molecule has 1 aromatic rings. The lowest BCUT2D eigenvalue weighted by Crippen LogP contribution is -2.42. The van der Waals surface area contributed by atoms with E-state index >= 15 is 0 Å². The van der Waals surface area contributed by atoms with Crippen LogP contribution in [0.25, 0.3) is 0 Å². The molecule has 0 saturated carbocycles. The van der Waals surface area contributed by atoms with Gasteiger partial charge in [0.15, 0.2) is 0 Å². The van der Waals surface area contributed by atoms with Gasteiger partial charge >= 0.3 is 6.03 Å². The zero-order chi connectivity index (χ0) is 13.0. The molecule has 0 aliphatic carbocycles. The van der Waals surface area contributed by atoms with Gasteiger partial charge < -0.3 is 15.5 Å². The first-order chi connectivity index (χ1) is 8.70. The molecule has 5 nitrogen and oxygen atoms in total. The van der Waals surface area contributed by atoms with Crippen molar-refractivity contribution in [1.29, 1.82) is 0 Å². The van der Waals surface area contributed by atoms with E-state index in [9.17, 15) is 9.59 Å². The van der Waals surface area contributed by atoms with E-state index in [1.807, 2.05) is 30.3 Å². The van der Waals surface area contributed by atoms with Crippen molar-refractivity contribution in [3.8, 4) is 0 Å². The van der Waals surface area contributed by atoms with Crippen molar-refractivity contribution in [3.63, 3.8) is 0 Å². The highest BCUT2D eigenvalue weighted by Gasteiger charge is 2.27. The van der Waals surface area contributed by atoms with Crippen LogP contribution in [0, 0.1) is 0 Å². The molecule has 1 saturated heterocycles. The maximum atomic E-state index is 12.1. The number of benzene rings is 1. The first kappa shape index (κ1) is 12.4. The van der Waals surface area contributed by atoms with Crippen LogP contribution in [0.1, 0.15) is 16.8 Å². The first-order valence-corrected chi connectivity index (χ1v) is 6.03. The Balaban J connectivity index is 1.93. The molecular weight excluding hydrogens is 230 g/mol. The summed E-state index contributed by atoms with van der Waals surface area (Å²) >= 11 is 0. The molecule has 1 aromatic carbocycles. The predicted octanol–water partition coefficient (Wildman–Crippen LogP) is 0.830. The van der Waals surface area contributed by atoms with E-state index in [1.165, 1.54) is 0 Å². The molecule has 96 valence electrons. The molecule has 3 amide bonds. The fraction of sp³-hybridized carbons (Fsp3) is 0.385. The second-order valence-electron chi connectivity index (χ2n) is 4.33. The molecule has 0 bridgehead atoms. The molecule has 1 heterocycles. The van der Waals surface area contributed by atoms with Gasteiger partial charge in [-0.25, -0.2) is 4.79 Å². The monoisotopic (exact) mass is 247 g/mol. The van der Waals surface area contributed by atoms with Gasteiger partial charge in [-0.3, -0.25) is 4.79 Å². The highest BCUT2D eigenvalue weighted by Crippen LogP contribution is 2.13. The number of hydrogen-bond acceptors (Lipinski definition) is 2. The summed E-state index contributed by atoms with van der Waals surface area (Å²) in [4.78, 5) is 25.1. The third-order valence-corrected chi connectivity index (χ3v) is 3.06. The van der Waals surface area contributed by atoms with E-state index in [0.717, 1.165) is 6.42 Å². The number of carbonyl (C=O) groups excluding carboxylic acids is 2. The summed E-state index contributed by atoms with van der Waals surface area (Å²) in [5, 5.41) is 5.34. The van der Waals surface area contributed by atoms with Gasteiger partial charge in [0.25, 0.3) is 5.91 Å². The molecule has 1 aliphatic rings. The van der Waals surface area contributed by atoms with Gasteiger partial charge in [0.2, 0.25) is 0 Å². The normalized spacial score (nSPS) is 18.5. The van der Waals surface area contributed by atoms with Gasteiger partial charge in [0, 0.05) is 31.7 Å². The van der Waals surface area contributed by atoms with Crippen LogP contribution in [0.3, 0.4) is 0 Å². The summed E-state index contributed by atoms with van der Waals surface area (Å²) in [6.45, 7) is 1.25. The number of urea groups is 1. The van der Waals surface area contributed by atoms with Crippen molar-refractivity contribution in [2.75, 3.05) is 20.1 Å². The Kier molecular flexibility index (Phi) is 3.82. The molecule has 1 atom stereocenters. The molecule has 0 spiro atoms. The summed E-state index contributed by atoms with van der Waals surface area (Å²) in [5.74, 6) is 0.0248. The molecule has 1 fully saturated rings. The van der Waals surface area contributed by atoms with Crippen molar-refractivity contribution in [3.05, 3.63) is 35.9 Å². The zero-order valence-electron chi connectivity index (χ0n) is 10.3. The molecule has 1 aliphatic heterocycles. The number of nitrogens with one attached hydrogen (secondary N) is 2. The van der Waals surface area contributed by atoms with Crippen LogP contribution >= 0.6 is 0 Å². The Labute approximate surface area is 106 Å². The number of nitrogens with zero attached hydrogens (tertiary/aromatic N) is 1. The van der Waals surface area contributed by atoms with E-state index in [0.29, 0.717) is 18.7 Å². The standard InChI is InChI=1S/C13H17N3O2/c1-14-13(18)15-11-7-8-16(9-11)12(17)10-5-3-2-4-6-10/h2-6,11H,7-9H2,1H3,(H2,14,15,18). The lowest BCUT2D eigenvalue weighted by Gasteiger charge is -2.17.